The Bertz CT molecular complexity index is 1350. The molecule has 0 unspecified atom stereocenters. The number of rotatable bonds is 16. The molecular formula is C35H54O12P2. The summed E-state index contributed by atoms with van der Waals surface area (Å²) in [6.07, 6.45) is 0.903. The molecule has 12 nitrogen and oxygen atoms in total. The predicted octanol–water partition coefficient (Wildman–Crippen LogP) is 4.78. The van der Waals surface area contributed by atoms with Gasteiger partial charge < -0.3 is 43.8 Å². The predicted molar refractivity (Wildman–Crippen MR) is 188 cm³/mol. The van der Waals surface area contributed by atoms with Crippen LogP contribution >= 0.6 is 17.2 Å². The lowest BCUT2D eigenvalue weighted by atomic mass is 9.59. The van der Waals surface area contributed by atoms with Crippen molar-refractivity contribution in [2.75, 3.05) is 34.0 Å². The molecule has 0 radical (unpaired) electrons. The second kappa shape index (κ2) is 17.4. The highest BCUT2D eigenvalue weighted by molar-refractivity contribution is 7.39. The molecule has 0 aliphatic rings. The summed E-state index contributed by atoms with van der Waals surface area (Å²) in [6, 6.07) is 7.46. The van der Waals surface area contributed by atoms with E-state index in [-0.39, 0.29) is 24.8 Å². The molecule has 0 spiro atoms. The van der Waals surface area contributed by atoms with E-state index in [1.54, 1.807) is 13.8 Å². The van der Waals surface area contributed by atoms with Gasteiger partial charge in [-0.25, -0.2) is 0 Å². The largest absolute Gasteiger partial charge is 0.469 e. The summed E-state index contributed by atoms with van der Waals surface area (Å²) in [5.41, 5.74) is -0.540. The molecule has 0 saturated heterocycles. The molecule has 276 valence electrons. The third-order valence-electron chi connectivity index (χ3n) is 8.83. The Kier molecular flexibility index (Phi) is 15.3. The van der Waals surface area contributed by atoms with E-state index >= 15 is 0 Å². The average Bonchev–Trinajstić information content (AvgIpc) is 3.00. The number of benzene rings is 2. The topological polar surface area (TPSA) is 192 Å². The number of aliphatic hydroxyl groups is 2. The molecule has 0 heterocycles. The molecule has 0 fully saturated rings. The Balaban J connectivity index is 3.37. The van der Waals surface area contributed by atoms with E-state index in [0.29, 0.717) is 46.2 Å². The Morgan fingerprint density at radius 2 is 1.06 bits per heavy atom. The number of ether oxygens (including phenoxy) is 2. The molecule has 0 bridgehead atoms. The molecule has 2 aromatic carbocycles. The maximum absolute atomic E-state index is 12.1. The molecule has 0 aliphatic carbocycles. The lowest BCUT2D eigenvalue weighted by Crippen LogP contribution is -2.57. The summed E-state index contributed by atoms with van der Waals surface area (Å²) in [5, 5.41) is 22.7. The maximum Gasteiger partial charge on any atom is 0.328 e. The summed E-state index contributed by atoms with van der Waals surface area (Å²) in [5.74, 6) is -0.774. The van der Waals surface area contributed by atoms with E-state index in [4.69, 9.17) is 18.5 Å². The molecule has 0 saturated carbocycles. The van der Waals surface area contributed by atoms with Gasteiger partial charge in [0.1, 0.15) is 5.60 Å². The fourth-order valence-corrected chi connectivity index (χ4v) is 7.42. The van der Waals surface area contributed by atoms with Crippen molar-refractivity contribution in [3.8, 4) is 0 Å². The van der Waals surface area contributed by atoms with Crippen LogP contribution in [0.25, 0.3) is 0 Å². The summed E-state index contributed by atoms with van der Waals surface area (Å²) in [4.78, 5) is 65.7. The van der Waals surface area contributed by atoms with Gasteiger partial charge in [-0.15, -0.1) is 0 Å². The van der Waals surface area contributed by atoms with Gasteiger partial charge in [0.2, 0.25) is 0 Å². The maximum atomic E-state index is 12.1. The number of hydrogen-bond acceptors (Lipinski definition) is 12. The lowest BCUT2D eigenvalue weighted by Gasteiger charge is -2.52. The highest BCUT2D eigenvalue weighted by Gasteiger charge is 2.60. The molecule has 6 N–H and O–H groups in total. The fourth-order valence-electron chi connectivity index (χ4n) is 6.44. The normalized spacial score (nSPS) is 12.9. The number of carbonyl (C=O) groups is 2. The Morgan fingerprint density at radius 1 is 0.673 bits per heavy atom. The van der Waals surface area contributed by atoms with Gasteiger partial charge in [-0.2, -0.15) is 0 Å². The smallest absolute Gasteiger partial charge is 0.328 e. The first kappa shape index (κ1) is 43.1. The first-order valence-corrected chi connectivity index (χ1v) is 18.3. The van der Waals surface area contributed by atoms with Gasteiger partial charge in [0.15, 0.2) is 0 Å². The number of esters is 2. The molecule has 14 heteroatoms. The van der Waals surface area contributed by atoms with E-state index in [9.17, 15) is 39.4 Å². The van der Waals surface area contributed by atoms with Crippen LogP contribution in [0.3, 0.4) is 0 Å². The summed E-state index contributed by atoms with van der Waals surface area (Å²) in [7, 11) is -3.58. The second-order valence-electron chi connectivity index (χ2n) is 14.5. The van der Waals surface area contributed by atoms with Crippen LogP contribution in [0.4, 0.5) is 0 Å². The van der Waals surface area contributed by atoms with Crippen molar-refractivity contribution in [1.82, 2.24) is 0 Å². The highest BCUT2D eigenvalue weighted by Crippen LogP contribution is 2.60. The Morgan fingerprint density at radius 3 is 1.35 bits per heavy atom. The molecule has 2 aromatic rings. The van der Waals surface area contributed by atoms with Gasteiger partial charge in [-0.3, -0.25) is 14.1 Å². The minimum Gasteiger partial charge on any atom is -0.469 e. The third-order valence-corrected chi connectivity index (χ3v) is 9.63. The van der Waals surface area contributed by atoms with Gasteiger partial charge in [-0.1, -0.05) is 65.8 Å². The fraction of sp³-hybridized carbons (Fsp3) is 0.600. The quantitative estimate of drug-likeness (QED) is 0.103. The van der Waals surface area contributed by atoms with Gasteiger partial charge in [-0.05, 0) is 82.0 Å². The third kappa shape index (κ3) is 10.0. The van der Waals surface area contributed by atoms with Crippen LogP contribution in [0, 0.1) is 19.3 Å². The van der Waals surface area contributed by atoms with Gasteiger partial charge in [0.05, 0.1) is 39.5 Å². The van der Waals surface area contributed by atoms with Crippen LogP contribution in [0.5, 0.6) is 0 Å². The number of aliphatic hydroxyl groups excluding tert-OH is 2. The van der Waals surface area contributed by atoms with E-state index in [1.807, 2.05) is 65.8 Å². The molecule has 0 aromatic heterocycles. The number of methoxy groups -OCH3 is 2. The second-order valence-corrected chi connectivity index (χ2v) is 15.9. The van der Waals surface area contributed by atoms with E-state index in [1.165, 1.54) is 14.2 Å². The van der Waals surface area contributed by atoms with Crippen molar-refractivity contribution in [2.45, 2.75) is 97.5 Å². The SMILES string of the molecule is COC(=O)CCc1cc(C)c(C(OP(O)O)(c2c(C)cc(CCC(=O)OC)cc2C(C)(C)C)C(CO)(CO)COP(O)O)c(C(C)(C)C)c1. The minimum atomic E-state index is -3.23. The summed E-state index contributed by atoms with van der Waals surface area (Å²) in [6.45, 7) is 12.9. The highest BCUT2D eigenvalue weighted by atomic mass is 31.2. The van der Waals surface area contributed by atoms with Crippen LogP contribution in [0.2, 0.25) is 0 Å². The first-order valence-electron chi connectivity index (χ1n) is 16.0. The number of aryl methyl sites for hydroxylation is 4. The average molecular weight is 729 g/mol. The monoisotopic (exact) mass is 728 g/mol. The molecule has 0 amide bonds. The molecule has 0 aliphatic heterocycles. The summed E-state index contributed by atoms with van der Waals surface area (Å²) < 4.78 is 21.5. The minimum absolute atomic E-state index is 0.112. The zero-order chi connectivity index (χ0) is 37.5. The first-order chi connectivity index (χ1) is 22.6. The van der Waals surface area contributed by atoms with Crippen LogP contribution < -0.4 is 0 Å². The van der Waals surface area contributed by atoms with Crippen LogP contribution in [-0.2, 0) is 57.4 Å². The zero-order valence-corrected chi connectivity index (χ0v) is 32.1. The summed E-state index contributed by atoms with van der Waals surface area (Å²) >= 11 is 0. The molecule has 2 rings (SSSR count). The Labute approximate surface area is 292 Å². The van der Waals surface area contributed by atoms with E-state index in [0.717, 1.165) is 11.1 Å². The lowest BCUT2D eigenvalue weighted by molar-refractivity contribution is -0.141. The zero-order valence-electron chi connectivity index (χ0n) is 30.3. The van der Waals surface area contributed by atoms with Gasteiger partial charge in [0.25, 0.3) is 0 Å². The number of carbonyl (C=O) groups excluding carboxylic acids is 2. The van der Waals surface area contributed by atoms with Gasteiger partial charge >= 0.3 is 29.1 Å². The van der Waals surface area contributed by atoms with E-state index in [2.05, 4.69) is 0 Å². The van der Waals surface area contributed by atoms with Gasteiger partial charge in [0, 0.05) is 12.8 Å². The van der Waals surface area contributed by atoms with Crippen LogP contribution in [-0.4, -0.2) is 75.8 Å². The molecule has 0 atom stereocenters. The Hall–Kier alpha value is -2.08. The standard InChI is InChI=1S/C35H54O12P2/c1-22-15-24(11-13-28(38)44-9)17-26(32(3,4)5)30(22)35(47-49(42)43,34(19-36,20-37)21-46-48(40)41)31-23(2)16-25(12-14-29(39)45-10)18-27(31)33(6,7)8/h15-18,36-37,40-43H,11-14,19-21H2,1-10H3. The molecule has 49 heavy (non-hydrogen) atoms. The molecular weight excluding hydrogens is 674 g/mol. The van der Waals surface area contributed by atoms with Crippen molar-refractivity contribution in [2.24, 2.45) is 5.41 Å². The van der Waals surface area contributed by atoms with Crippen LogP contribution in [0.15, 0.2) is 24.3 Å². The van der Waals surface area contributed by atoms with Crippen molar-refractivity contribution >= 4 is 29.1 Å². The van der Waals surface area contributed by atoms with Crippen molar-refractivity contribution in [3.05, 3.63) is 68.8 Å². The number of hydrogen-bond donors (Lipinski definition) is 6. The van der Waals surface area contributed by atoms with E-state index < -0.39 is 58.9 Å². The van der Waals surface area contributed by atoms with Crippen molar-refractivity contribution in [1.29, 1.82) is 0 Å². The van der Waals surface area contributed by atoms with Crippen molar-refractivity contribution in [3.63, 3.8) is 0 Å². The van der Waals surface area contributed by atoms with Crippen LogP contribution in [0.1, 0.15) is 98.9 Å². The van der Waals surface area contributed by atoms with Crippen molar-refractivity contribution < 1.29 is 57.9 Å².